The van der Waals surface area contributed by atoms with Gasteiger partial charge in [0.25, 0.3) is 10.0 Å². The molecule has 0 saturated heterocycles. The molecule has 0 radical (unpaired) electrons. The molecule has 12 heteroatoms. The van der Waals surface area contributed by atoms with E-state index in [1.54, 1.807) is 11.4 Å². The highest BCUT2D eigenvalue weighted by atomic mass is 32.2. The molecule has 1 aliphatic rings. The third-order valence-electron chi connectivity index (χ3n) is 6.28. The highest BCUT2D eigenvalue weighted by molar-refractivity contribution is 7.92. The van der Waals surface area contributed by atoms with Crippen molar-refractivity contribution in [1.29, 1.82) is 0 Å². The molecule has 192 valence electrons. The van der Waals surface area contributed by atoms with Crippen LogP contribution in [0.5, 0.6) is 5.75 Å². The summed E-state index contributed by atoms with van der Waals surface area (Å²) >= 11 is 1.23. The Morgan fingerprint density at radius 1 is 1.08 bits per heavy atom. The number of aromatic nitrogens is 2. The van der Waals surface area contributed by atoms with Crippen molar-refractivity contribution in [2.75, 3.05) is 11.3 Å². The van der Waals surface area contributed by atoms with Crippen LogP contribution in [-0.4, -0.2) is 25.0 Å². The normalized spacial score (nSPS) is 17.6. The van der Waals surface area contributed by atoms with Gasteiger partial charge in [-0.2, -0.15) is 17.6 Å². The Kier molecular flexibility index (Phi) is 6.19. The van der Waals surface area contributed by atoms with Gasteiger partial charge in [-0.1, -0.05) is 25.1 Å². The molecule has 1 aliphatic heterocycles. The van der Waals surface area contributed by atoms with Gasteiger partial charge < -0.3 is 4.74 Å². The smallest absolute Gasteiger partial charge is 0.416 e. The molecule has 4 aromatic rings. The van der Waals surface area contributed by atoms with Crippen LogP contribution in [0, 0.1) is 5.95 Å². The number of hydrogen-bond acceptors (Lipinski definition) is 6. The molecule has 2 aromatic heterocycles. The standard InChI is InChI=1S/C25H19F4N3O3S2/c1-24(18-7-5-15(25(27,28)29)13-17(18)23-30-10-12-36-23)9-11-35-20-14-16(6-8-19(20)24)37(33,34)32-22-4-2-3-21(26)31-22/h2-8,10,12-14H,9,11H2,1H3,(H,31,32)/t24-/m0/s1. The third-order valence-corrected chi connectivity index (χ3v) is 8.43. The summed E-state index contributed by atoms with van der Waals surface area (Å²) in [7, 11) is -4.12. The Morgan fingerprint density at radius 3 is 2.57 bits per heavy atom. The van der Waals surface area contributed by atoms with Crippen molar-refractivity contribution < 1.29 is 30.7 Å². The van der Waals surface area contributed by atoms with Crippen LogP contribution in [0.2, 0.25) is 0 Å². The van der Waals surface area contributed by atoms with Crippen LogP contribution in [0.3, 0.4) is 0 Å². The van der Waals surface area contributed by atoms with E-state index in [2.05, 4.69) is 14.7 Å². The second-order valence-electron chi connectivity index (χ2n) is 8.63. The number of pyridine rings is 1. The number of halogens is 4. The van der Waals surface area contributed by atoms with E-state index >= 15 is 0 Å². The van der Waals surface area contributed by atoms with Crippen molar-refractivity contribution in [3.05, 3.63) is 88.8 Å². The molecule has 0 aliphatic carbocycles. The maximum atomic E-state index is 13.5. The number of sulfonamides is 1. The SMILES string of the molecule is C[C@@]1(c2ccc(C(F)(F)F)cc2-c2nccs2)CCOc2cc(S(=O)(=O)Nc3cccc(F)n3)ccc21. The summed E-state index contributed by atoms with van der Waals surface area (Å²) in [5, 5.41) is 2.14. The van der Waals surface area contributed by atoms with Crippen LogP contribution >= 0.6 is 11.3 Å². The molecule has 1 N–H and O–H groups in total. The lowest BCUT2D eigenvalue weighted by Crippen LogP contribution is -2.32. The number of anilines is 1. The van der Waals surface area contributed by atoms with E-state index in [-0.39, 0.29) is 23.1 Å². The Morgan fingerprint density at radius 2 is 1.86 bits per heavy atom. The van der Waals surface area contributed by atoms with E-state index in [1.807, 2.05) is 6.92 Å². The molecule has 6 nitrogen and oxygen atoms in total. The first-order chi connectivity index (χ1) is 17.5. The van der Waals surface area contributed by atoms with Gasteiger partial charge in [0.05, 0.1) is 17.1 Å². The molecule has 0 amide bonds. The zero-order valence-corrected chi connectivity index (χ0v) is 20.8. The van der Waals surface area contributed by atoms with E-state index in [9.17, 15) is 26.0 Å². The maximum Gasteiger partial charge on any atom is 0.416 e. The Balaban J connectivity index is 1.58. The van der Waals surface area contributed by atoms with E-state index < -0.39 is 33.1 Å². The number of benzene rings is 2. The van der Waals surface area contributed by atoms with Gasteiger partial charge in [-0.15, -0.1) is 11.3 Å². The van der Waals surface area contributed by atoms with E-state index in [4.69, 9.17) is 4.74 Å². The minimum absolute atomic E-state index is 0.130. The number of alkyl halides is 3. The van der Waals surface area contributed by atoms with Crippen molar-refractivity contribution >= 4 is 27.2 Å². The van der Waals surface area contributed by atoms with Crippen LogP contribution < -0.4 is 9.46 Å². The quantitative estimate of drug-likeness (QED) is 0.235. The van der Waals surface area contributed by atoms with Crippen molar-refractivity contribution in [3.63, 3.8) is 0 Å². The Labute approximate surface area is 214 Å². The Bertz CT molecular complexity index is 1570. The first-order valence-corrected chi connectivity index (χ1v) is 13.4. The molecule has 0 spiro atoms. The third kappa shape index (κ3) is 4.78. The zero-order valence-electron chi connectivity index (χ0n) is 19.2. The highest BCUT2D eigenvalue weighted by Gasteiger charge is 2.39. The van der Waals surface area contributed by atoms with E-state index in [0.717, 1.165) is 18.2 Å². The number of fused-ring (bicyclic) bond motifs is 1. The summed E-state index contributed by atoms with van der Waals surface area (Å²) in [5.74, 6) is -0.729. The van der Waals surface area contributed by atoms with Gasteiger partial charge in [0.2, 0.25) is 5.95 Å². The summed E-state index contributed by atoms with van der Waals surface area (Å²) in [5.41, 5.74) is 0.0295. The molecule has 0 saturated carbocycles. The number of nitrogens with zero attached hydrogens (tertiary/aromatic N) is 2. The molecule has 0 unspecified atom stereocenters. The lowest BCUT2D eigenvalue weighted by Gasteiger charge is -2.37. The van der Waals surface area contributed by atoms with Gasteiger partial charge in [-0.3, -0.25) is 4.72 Å². The molecule has 0 fully saturated rings. The average Bonchev–Trinajstić information content (AvgIpc) is 3.38. The monoisotopic (exact) mass is 549 g/mol. The summed E-state index contributed by atoms with van der Waals surface area (Å²) in [6.07, 6.45) is -2.55. The van der Waals surface area contributed by atoms with Gasteiger partial charge in [0.1, 0.15) is 16.6 Å². The fourth-order valence-electron chi connectivity index (χ4n) is 4.42. The minimum Gasteiger partial charge on any atom is -0.493 e. The van der Waals surface area contributed by atoms with Gasteiger partial charge in [-0.25, -0.2) is 18.4 Å². The van der Waals surface area contributed by atoms with Crippen LogP contribution in [0.25, 0.3) is 10.6 Å². The molecule has 3 heterocycles. The van der Waals surface area contributed by atoms with E-state index in [0.29, 0.717) is 28.1 Å². The number of hydrogen-bond donors (Lipinski definition) is 1. The lowest BCUT2D eigenvalue weighted by molar-refractivity contribution is -0.137. The van der Waals surface area contributed by atoms with Crippen molar-refractivity contribution in [3.8, 4) is 16.3 Å². The second kappa shape index (κ2) is 9.10. The van der Waals surface area contributed by atoms with Crippen LogP contribution in [0.4, 0.5) is 23.4 Å². The van der Waals surface area contributed by atoms with Crippen LogP contribution in [0.15, 0.2) is 71.1 Å². The minimum atomic E-state index is -4.52. The summed E-state index contributed by atoms with van der Waals surface area (Å²) < 4.78 is 87.9. The van der Waals surface area contributed by atoms with Crippen LogP contribution in [0.1, 0.15) is 30.0 Å². The van der Waals surface area contributed by atoms with Gasteiger partial charge >= 0.3 is 6.18 Å². The van der Waals surface area contributed by atoms with Crippen molar-refractivity contribution in [1.82, 2.24) is 9.97 Å². The topological polar surface area (TPSA) is 81.2 Å². The molecule has 2 aromatic carbocycles. The molecule has 37 heavy (non-hydrogen) atoms. The van der Waals surface area contributed by atoms with E-state index in [1.165, 1.54) is 47.9 Å². The summed E-state index contributed by atoms with van der Waals surface area (Å²) in [6, 6.07) is 11.6. The molecular weight excluding hydrogens is 530 g/mol. The maximum absolute atomic E-state index is 13.5. The number of ether oxygens (including phenoxy) is 1. The van der Waals surface area contributed by atoms with Gasteiger partial charge in [0, 0.05) is 34.2 Å². The molecule has 5 rings (SSSR count). The number of nitrogens with one attached hydrogen (secondary N) is 1. The largest absolute Gasteiger partial charge is 0.493 e. The zero-order chi connectivity index (χ0) is 26.4. The van der Waals surface area contributed by atoms with Crippen molar-refractivity contribution in [2.24, 2.45) is 0 Å². The first-order valence-electron chi connectivity index (χ1n) is 11.0. The van der Waals surface area contributed by atoms with Crippen LogP contribution in [-0.2, 0) is 21.6 Å². The number of rotatable bonds is 5. The summed E-state index contributed by atoms with van der Waals surface area (Å²) in [6.45, 7) is 2.10. The number of thiazole rings is 1. The van der Waals surface area contributed by atoms with Gasteiger partial charge in [-0.05, 0) is 42.3 Å². The highest BCUT2D eigenvalue weighted by Crippen LogP contribution is 2.48. The molecule has 1 atom stereocenters. The molecule has 0 bridgehead atoms. The Hall–Kier alpha value is -3.51. The summed E-state index contributed by atoms with van der Waals surface area (Å²) in [4.78, 5) is 7.63. The van der Waals surface area contributed by atoms with Crippen molar-refractivity contribution in [2.45, 2.75) is 29.8 Å². The second-order valence-corrected chi connectivity index (χ2v) is 11.2. The predicted octanol–water partition coefficient (Wildman–Crippen LogP) is 6.25. The van der Waals surface area contributed by atoms with Gasteiger partial charge in [0.15, 0.2) is 0 Å². The fraction of sp³-hybridized carbons (Fsp3) is 0.200. The molecular formula is C25H19F4N3O3S2. The predicted molar refractivity (Wildman–Crippen MR) is 131 cm³/mol. The first kappa shape index (κ1) is 25.2. The fourth-order valence-corrected chi connectivity index (χ4v) is 6.11. The average molecular weight is 550 g/mol. The lowest BCUT2D eigenvalue weighted by atomic mass is 9.70.